The number of ketones is 1. The number of phenolic OH excluding ortho intramolecular Hbond substituents is 1. The highest BCUT2D eigenvalue weighted by molar-refractivity contribution is 9.10. The number of benzene rings is 2. The quantitative estimate of drug-likeness (QED) is 0.539. The molecule has 0 aliphatic carbocycles. The molecule has 0 spiro atoms. The van der Waals surface area contributed by atoms with Crippen molar-refractivity contribution >= 4 is 33.8 Å². The molecule has 5 nitrogen and oxygen atoms in total. The van der Waals surface area contributed by atoms with Gasteiger partial charge in [0.05, 0.1) is 19.1 Å². The van der Waals surface area contributed by atoms with Crippen molar-refractivity contribution in [3.63, 3.8) is 0 Å². The first-order valence-corrected chi connectivity index (χ1v) is 8.63. The summed E-state index contributed by atoms with van der Waals surface area (Å²) in [6.07, 6.45) is 2.87. The van der Waals surface area contributed by atoms with Crippen LogP contribution in [-0.2, 0) is 11.2 Å². The first-order chi connectivity index (χ1) is 12.2. The fourth-order valence-corrected chi connectivity index (χ4v) is 3.17. The number of phenols is 1. The Kier molecular flexibility index (Phi) is 6.21. The maximum absolute atomic E-state index is 12.4. The number of rotatable bonds is 6. The summed E-state index contributed by atoms with van der Waals surface area (Å²) in [4.78, 5) is 23.4. The topological polar surface area (TPSA) is 83.8 Å². The summed E-state index contributed by atoms with van der Waals surface area (Å²) < 4.78 is 6.10. The average Bonchev–Trinajstić information content (AvgIpc) is 2.56. The summed E-state index contributed by atoms with van der Waals surface area (Å²) >= 11 is 3.23. The zero-order chi connectivity index (χ0) is 19.4. The van der Waals surface area contributed by atoms with Gasteiger partial charge in [-0.25, -0.2) is 0 Å². The Bertz CT molecular complexity index is 900. The van der Waals surface area contributed by atoms with E-state index in [0.29, 0.717) is 21.3 Å². The second-order valence-corrected chi connectivity index (χ2v) is 6.76. The van der Waals surface area contributed by atoms with Crippen LogP contribution in [0.2, 0.25) is 0 Å². The van der Waals surface area contributed by atoms with Gasteiger partial charge in [0.25, 0.3) is 0 Å². The van der Waals surface area contributed by atoms with Crippen LogP contribution in [0, 0.1) is 13.8 Å². The van der Waals surface area contributed by atoms with E-state index in [1.54, 1.807) is 25.1 Å². The van der Waals surface area contributed by atoms with Crippen LogP contribution < -0.4 is 4.74 Å². The maximum atomic E-state index is 12.4. The molecular weight excluding hydrogens is 400 g/mol. The zero-order valence-corrected chi connectivity index (χ0v) is 16.3. The molecule has 0 aromatic heterocycles. The van der Waals surface area contributed by atoms with Gasteiger partial charge in [-0.3, -0.25) is 9.59 Å². The van der Waals surface area contributed by atoms with E-state index in [9.17, 15) is 14.7 Å². The van der Waals surface area contributed by atoms with Crippen LogP contribution in [0.15, 0.2) is 34.8 Å². The molecule has 2 aromatic rings. The van der Waals surface area contributed by atoms with Crippen LogP contribution in [-0.4, -0.2) is 29.1 Å². The lowest BCUT2D eigenvalue weighted by Gasteiger charge is -2.15. The van der Waals surface area contributed by atoms with E-state index in [1.165, 1.54) is 25.3 Å². The summed E-state index contributed by atoms with van der Waals surface area (Å²) in [6.45, 7) is 3.62. The van der Waals surface area contributed by atoms with Gasteiger partial charge in [0.1, 0.15) is 11.5 Å². The molecule has 2 rings (SSSR count). The number of aliphatic carboxylic acids is 1. The van der Waals surface area contributed by atoms with Crippen molar-refractivity contribution in [1.82, 2.24) is 0 Å². The number of ether oxygens (including phenoxy) is 1. The highest BCUT2D eigenvalue weighted by Gasteiger charge is 2.15. The van der Waals surface area contributed by atoms with E-state index in [4.69, 9.17) is 9.84 Å². The first-order valence-electron chi connectivity index (χ1n) is 7.84. The van der Waals surface area contributed by atoms with E-state index in [-0.39, 0.29) is 23.5 Å². The second-order valence-electron chi connectivity index (χ2n) is 5.85. The number of allylic oxidation sites excluding steroid dienone is 1. The molecule has 0 saturated carbocycles. The molecule has 0 radical (unpaired) electrons. The van der Waals surface area contributed by atoms with Crippen molar-refractivity contribution < 1.29 is 24.5 Å². The molecule has 0 unspecified atom stereocenters. The Labute approximate surface area is 160 Å². The molecule has 0 heterocycles. The van der Waals surface area contributed by atoms with Gasteiger partial charge in [0.15, 0.2) is 5.78 Å². The smallest absolute Gasteiger partial charge is 0.307 e. The summed E-state index contributed by atoms with van der Waals surface area (Å²) in [5.74, 6) is -0.842. The minimum Gasteiger partial charge on any atom is -0.507 e. The predicted octanol–water partition coefficient (Wildman–Crippen LogP) is 4.30. The Morgan fingerprint density at radius 1 is 1.23 bits per heavy atom. The lowest BCUT2D eigenvalue weighted by molar-refractivity contribution is -0.136. The third-order valence-electron chi connectivity index (χ3n) is 4.08. The van der Waals surface area contributed by atoms with E-state index >= 15 is 0 Å². The summed E-state index contributed by atoms with van der Waals surface area (Å²) in [5.41, 5.74) is 3.10. The molecule has 2 N–H and O–H groups in total. The number of carboxylic acid groups (broad SMARTS) is 1. The molecule has 2 aromatic carbocycles. The molecule has 136 valence electrons. The van der Waals surface area contributed by atoms with Gasteiger partial charge in [-0.1, -0.05) is 15.9 Å². The van der Waals surface area contributed by atoms with Gasteiger partial charge in [0.2, 0.25) is 0 Å². The normalized spacial score (nSPS) is 10.9. The average molecular weight is 419 g/mol. The Morgan fingerprint density at radius 2 is 1.92 bits per heavy atom. The fourth-order valence-electron chi connectivity index (χ4n) is 2.82. The van der Waals surface area contributed by atoms with Crippen molar-refractivity contribution in [2.75, 3.05) is 7.11 Å². The monoisotopic (exact) mass is 418 g/mol. The molecule has 0 bridgehead atoms. The highest BCUT2D eigenvalue weighted by Crippen LogP contribution is 2.31. The number of hydrogen-bond acceptors (Lipinski definition) is 4. The summed E-state index contributed by atoms with van der Waals surface area (Å²) in [5, 5.41) is 19.0. The van der Waals surface area contributed by atoms with Crippen LogP contribution in [0.25, 0.3) is 6.08 Å². The number of hydrogen-bond donors (Lipinski definition) is 2. The predicted molar refractivity (Wildman–Crippen MR) is 103 cm³/mol. The highest BCUT2D eigenvalue weighted by atomic mass is 79.9. The van der Waals surface area contributed by atoms with Crippen LogP contribution in [0.3, 0.4) is 0 Å². The lowest BCUT2D eigenvalue weighted by Crippen LogP contribution is -2.06. The van der Waals surface area contributed by atoms with Crippen LogP contribution in [0.4, 0.5) is 0 Å². The largest absolute Gasteiger partial charge is 0.507 e. The van der Waals surface area contributed by atoms with Crippen molar-refractivity contribution in [2.45, 2.75) is 20.3 Å². The van der Waals surface area contributed by atoms with Gasteiger partial charge in [-0.05, 0) is 67.0 Å². The SMILES string of the molecule is COc1c(C=CC(=O)c2ccc(Br)cc2O)cc(C)c(CC(=O)O)c1C. The van der Waals surface area contributed by atoms with E-state index < -0.39 is 5.97 Å². The van der Waals surface area contributed by atoms with Crippen molar-refractivity contribution in [2.24, 2.45) is 0 Å². The van der Waals surface area contributed by atoms with Gasteiger partial charge in [-0.2, -0.15) is 0 Å². The third kappa shape index (κ3) is 4.32. The van der Waals surface area contributed by atoms with Crippen LogP contribution >= 0.6 is 15.9 Å². The van der Waals surface area contributed by atoms with E-state index in [2.05, 4.69) is 15.9 Å². The summed E-state index contributed by atoms with van der Waals surface area (Å²) in [7, 11) is 1.50. The number of methoxy groups -OCH3 is 1. The standard InChI is InChI=1S/C20H19BrO5/c1-11-8-13(20(26-3)12(2)16(11)10-19(24)25)4-7-17(22)15-6-5-14(21)9-18(15)23/h4-9,23H,10H2,1-3H3,(H,24,25). The van der Waals surface area contributed by atoms with Crippen molar-refractivity contribution in [3.8, 4) is 11.5 Å². The van der Waals surface area contributed by atoms with Gasteiger partial charge in [0, 0.05) is 10.0 Å². The Morgan fingerprint density at radius 3 is 2.50 bits per heavy atom. The molecule has 0 aliphatic rings. The Hall–Kier alpha value is -2.60. The number of aromatic hydroxyl groups is 1. The van der Waals surface area contributed by atoms with Crippen LogP contribution in [0.1, 0.15) is 32.6 Å². The number of carbonyl (C=O) groups is 2. The molecule has 0 saturated heterocycles. The molecule has 0 aliphatic heterocycles. The minimum atomic E-state index is -0.914. The lowest BCUT2D eigenvalue weighted by atomic mass is 9.95. The number of halogens is 1. The number of carboxylic acids is 1. The van der Waals surface area contributed by atoms with E-state index in [1.807, 2.05) is 6.92 Å². The molecule has 0 amide bonds. The Balaban J connectivity index is 2.40. The zero-order valence-electron chi connectivity index (χ0n) is 14.7. The van der Waals surface area contributed by atoms with Gasteiger partial charge < -0.3 is 14.9 Å². The molecule has 26 heavy (non-hydrogen) atoms. The van der Waals surface area contributed by atoms with E-state index in [0.717, 1.165) is 11.1 Å². The van der Waals surface area contributed by atoms with Gasteiger partial charge in [-0.15, -0.1) is 0 Å². The first kappa shape index (κ1) is 19.7. The fraction of sp³-hybridized carbons (Fsp3) is 0.200. The molecule has 0 atom stereocenters. The van der Waals surface area contributed by atoms with Gasteiger partial charge >= 0.3 is 5.97 Å². The maximum Gasteiger partial charge on any atom is 0.307 e. The molecular formula is C20H19BrO5. The number of carbonyl (C=O) groups excluding carboxylic acids is 1. The third-order valence-corrected chi connectivity index (χ3v) is 4.57. The molecule has 6 heteroatoms. The summed E-state index contributed by atoms with van der Waals surface area (Å²) in [6, 6.07) is 6.46. The second kappa shape index (κ2) is 8.19. The van der Waals surface area contributed by atoms with Crippen molar-refractivity contribution in [1.29, 1.82) is 0 Å². The minimum absolute atomic E-state index is 0.0935. The van der Waals surface area contributed by atoms with Crippen molar-refractivity contribution in [3.05, 3.63) is 62.6 Å². The molecule has 0 fully saturated rings. The number of aryl methyl sites for hydroxylation is 1. The van der Waals surface area contributed by atoms with Crippen LogP contribution in [0.5, 0.6) is 11.5 Å².